The minimum absolute atomic E-state index is 0.110. The lowest BCUT2D eigenvalue weighted by atomic mass is 10.0. The zero-order valence-electron chi connectivity index (χ0n) is 13.5. The number of piperidine rings is 1. The Kier molecular flexibility index (Phi) is 4.23. The van der Waals surface area contributed by atoms with Gasteiger partial charge in [-0.1, -0.05) is 11.6 Å². The van der Waals surface area contributed by atoms with Crippen LogP contribution in [0.4, 0.5) is 5.82 Å². The second-order valence-corrected chi connectivity index (χ2v) is 6.40. The predicted octanol–water partition coefficient (Wildman–Crippen LogP) is 2.18. The number of rotatable bonds is 3. The number of anilines is 1. The third-order valence-electron chi connectivity index (χ3n) is 4.41. The maximum atomic E-state index is 12.3. The number of carbonyl (C=O) groups excluding carboxylic acids is 1. The van der Waals surface area contributed by atoms with Crippen LogP contribution in [0.1, 0.15) is 23.2 Å². The number of hydrogen-bond acceptors (Lipinski definition) is 5. The molecule has 4 rings (SSSR count). The van der Waals surface area contributed by atoms with Gasteiger partial charge in [-0.15, -0.1) is 0 Å². The molecule has 0 saturated carbocycles. The molecular formula is C17H17ClN6O. The first kappa shape index (κ1) is 15.8. The molecule has 1 N–H and O–H groups in total. The molecule has 1 aliphatic rings. The monoisotopic (exact) mass is 356 g/mol. The zero-order valence-corrected chi connectivity index (χ0v) is 14.2. The van der Waals surface area contributed by atoms with Crippen LogP contribution in [0.5, 0.6) is 0 Å². The van der Waals surface area contributed by atoms with E-state index in [9.17, 15) is 4.79 Å². The van der Waals surface area contributed by atoms with Crippen molar-refractivity contribution in [2.45, 2.75) is 18.9 Å². The number of amides is 1. The number of nitrogens with zero attached hydrogens (tertiary/aromatic N) is 5. The molecule has 0 aliphatic carbocycles. The number of halogens is 1. The van der Waals surface area contributed by atoms with E-state index in [-0.39, 0.29) is 11.9 Å². The van der Waals surface area contributed by atoms with Gasteiger partial charge >= 0.3 is 0 Å². The molecule has 4 heterocycles. The lowest BCUT2D eigenvalue weighted by Gasteiger charge is -2.33. The van der Waals surface area contributed by atoms with Gasteiger partial charge in [0.15, 0.2) is 5.65 Å². The molecule has 1 fully saturated rings. The fourth-order valence-corrected chi connectivity index (χ4v) is 3.20. The van der Waals surface area contributed by atoms with Gasteiger partial charge in [0.2, 0.25) is 0 Å². The van der Waals surface area contributed by atoms with Gasteiger partial charge in [-0.3, -0.25) is 4.79 Å². The highest BCUT2D eigenvalue weighted by atomic mass is 35.5. The van der Waals surface area contributed by atoms with Gasteiger partial charge in [0.05, 0.1) is 11.8 Å². The second kappa shape index (κ2) is 6.68. The van der Waals surface area contributed by atoms with Crippen LogP contribution < -0.4 is 10.2 Å². The minimum atomic E-state index is -0.110. The van der Waals surface area contributed by atoms with Crippen molar-refractivity contribution in [1.29, 1.82) is 0 Å². The van der Waals surface area contributed by atoms with Crippen molar-refractivity contribution < 1.29 is 4.79 Å². The highest BCUT2D eigenvalue weighted by molar-refractivity contribution is 6.29. The Labute approximate surface area is 149 Å². The van der Waals surface area contributed by atoms with Crippen LogP contribution >= 0.6 is 11.6 Å². The summed E-state index contributed by atoms with van der Waals surface area (Å²) in [5.41, 5.74) is 1.36. The summed E-state index contributed by atoms with van der Waals surface area (Å²) < 4.78 is 1.85. The summed E-state index contributed by atoms with van der Waals surface area (Å²) in [4.78, 5) is 22.8. The summed E-state index contributed by atoms with van der Waals surface area (Å²) >= 11 is 5.76. The smallest absolute Gasteiger partial charge is 0.253 e. The van der Waals surface area contributed by atoms with E-state index in [1.54, 1.807) is 24.5 Å². The fraction of sp³-hybridized carbons (Fsp3) is 0.294. The Balaban J connectivity index is 1.39. The molecule has 25 heavy (non-hydrogen) atoms. The Morgan fingerprint density at radius 1 is 1.12 bits per heavy atom. The van der Waals surface area contributed by atoms with Crippen molar-refractivity contribution in [2.75, 3.05) is 18.0 Å². The maximum absolute atomic E-state index is 12.3. The van der Waals surface area contributed by atoms with Crippen LogP contribution in [0.15, 0.2) is 42.9 Å². The Hall–Kier alpha value is -2.67. The molecule has 0 unspecified atom stereocenters. The van der Waals surface area contributed by atoms with Gasteiger partial charge in [0, 0.05) is 37.6 Å². The predicted molar refractivity (Wildman–Crippen MR) is 94.9 cm³/mol. The maximum Gasteiger partial charge on any atom is 0.253 e. The van der Waals surface area contributed by atoms with Crippen LogP contribution in [0.2, 0.25) is 5.15 Å². The number of fused-ring (bicyclic) bond motifs is 1. The van der Waals surface area contributed by atoms with Gasteiger partial charge in [-0.05, 0) is 31.0 Å². The molecule has 7 nitrogen and oxygen atoms in total. The molecule has 3 aromatic heterocycles. The molecule has 0 spiro atoms. The van der Waals surface area contributed by atoms with Gasteiger partial charge in [0.1, 0.15) is 11.0 Å². The van der Waals surface area contributed by atoms with Crippen LogP contribution in [0.3, 0.4) is 0 Å². The molecule has 0 radical (unpaired) electrons. The highest BCUT2D eigenvalue weighted by Gasteiger charge is 2.23. The summed E-state index contributed by atoms with van der Waals surface area (Å²) in [6.45, 7) is 1.70. The Bertz CT molecular complexity index is 886. The van der Waals surface area contributed by atoms with E-state index in [1.165, 1.54) is 6.20 Å². The first-order chi connectivity index (χ1) is 12.2. The number of aromatic nitrogens is 4. The van der Waals surface area contributed by atoms with Crippen molar-refractivity contribution in [3.8, 4) is 0 Å². The second-order valence-electron chi connectivity index (χ2n) is 6.01. The summed E-state index contributed by atoms with van der Waals surface area (Å²) in [7, 11) is 0. The van der Waals surface area contributed by atoms with Crippen LogP contribution in [0.25, 0.3) is 5.65 Å². The Morgan fingerprint density at radius 3 is 2.72 bits per heavy atom. The molecule has 1 saturated heterocycles. The third kappa shape index (κ3) is 3.28. The van der Waals surface area contributed by atoms with Gasteiger partial charge in [-0.25, -0.2) is 9.97 Å². The SMILES string of the molecule is O=C(NC1CCN(c2ccnc3ccnn23)CC1)c1ccc(Cl)nc1. The fourth-order valence-electron chi connectivity index (χ4n) is 3.09. The molecular weight excluding hydrogens is 340 g/mol. The molecule has 0 atom stereocenters. The zero-order chi connectivity index (χ0) is 17.2. The number of pyridine rings is 1. The molecule has 1 amide bonds. The quantitative estimate of drug-likeness (QED) is 0.728. The van der Waals surface area contributed by atoms with E-state index >= 15 is 0 Å². The van der Waals surface area contributed by atoms with Gasteiger partial charge in [-0.2, -0.15) is 9.61 Å². The summed E-state index contributed by atoms with van der Waals surface area (Å²) in [5, 5.41) is 7.79. The largest absolute Gasteiger partial charge is 0.356 e. The number of hydrogen-bond donors (Lipinski definition) is 1. The van der Waals surface area contributed by atoms with E-state index in [0.29, 0.717) is 10.7 Å². The van der Waals surface area contributed by atoms with E-state index in [2.05, 4.69) is 25.3 Å². The topological polar surface area (TPSA) is 75.4 Å². The van der Waals surface area contributed by atoms with E-state index < -0.39 is 0 Å². The average molecular weight is 357 g/mol. The van der Waals surface area contributed by atoms with Crippen molar-refractivity contribution in [3.63, 3.8) is 0 Å². The van der Waals surface area contributed by atoms with Crippen LogP contribution in [-0.2, 0) is 0 Å². The van der Waals surface area contributed by atoms with E-state index in [1.807, 2.05) is 16.6 Å². The van der Waals surface area contributed by atoms with Crippen LogP contribution in [0, 0.1) is 0 Å². The standard InChI is InChI=1S/C17H17ClN6O/c18-14-2-1-12(11-20-14)17(25)22-13-5-9-23(10-6-13)16-4-7-19-15-3-8-21-24(15)16/h1-4,7-8,11,13H,5-6,9-10H2,(H,22,25). The van der Waals surface area contributed by atoms with Crippen molar-refractivity contribution in [2.24, 2.45) is 0 Å². The van der Waals surface area contributed by atoms with Crippen molar-refractivity contribution in [3.05, 3.63) is 53.6 Å². The van der Waals surface area contributed by atoms with Gasteiger partial charge < -0.3 is 10.2 Å². The third-order valence-corrected chi connectivity index (χ3v) is 4.64. The minimum Gasteiger partial charge on any atom is -0.356 e. The molecule has 0 bridgehead atoms. The van der Waals surface area contributed by atoms with Crippen LogP contribution in [-0.4, -0.2) is 44.6 Å². The molecule has 8 heteroatoms. The summed E-state index contributed by atoms with van der Waals surface area (Å²) in [6, 6.07) is 7.31. The highest BCUT2D eigenvalue weighted by Crippen LogP contribution is 2.20. The molecule has 1 aliphatic heterocycles. The summed E-state index contributed by atoms with van der Waals surface area (Å²) in [5.74, 6) is 0.919. The average Bonchev–Trinajstić information content (AvgIpc) is 3.12. The molecule has 3 aromatic rings. The molecule has 128 valence electrons. The molecule has 0 aromatic carbocycles. The first-order valence-electron chi connectivity index (χ1n) is 8.17. The number of carbonyl (C=O) groups is 1. The van der Waals surface area contributed by atoms with E-state index in [4.69, 9.17) is 11.6 Å². The first-order valence-corrected chi connectivity index (χ1v) is 8.54. The Morgan fingerprint density at radius 2 is 1.96 bits per heavy atom. The van der Waals surface area contributed by atoms with Gasteiger partial charge in [0.25, 0.3) is 5.91 Å². The number of nitrogens with one attached hydrogen (secondary N) is 1. The van der Waals surface area contributed by atoms with Crippen molar-refractivity contribution >= 4 is 29.0 Å². The lowest BCUT2D eigenvalue weighted by Crippen LogP contribution is -2.45. The normalized spacial score (nSPS) is 15.5. The van der Waals surface area contributed by atoms with Crippen molar-refractivity contribution in [1.82, 2.24) is 24.9 Å². The lowest BCUT2D eigenvalue weighted by molar-refractivity contribution is 0.0930. The summed E-state index contributed by atoms with van der Waals surface area (Å²) in [6.07, 6.45) is 6.79. The van der Waals surface area contributed by atoms with E-state index in [0.717, 1.165) is 37.4 Å².